The van der Waals surface area contributed by atoms with Crippen molar-refractivity contribution in [2.45, 2.75) is 13.8 Å². The molecule has 0 aliphatic heterocycles. The van der Waals surface area contributed by atoms with Crippen LogP contribution in [0.3, 0.4) is 0 Å². The Morgan fingerprint density at radius 2 is 1.77 bits per heavy atom. The minimum absolute atomic E-state index is 0.0710. The molecule has 0 saturated heterocycles. The van der Waals surface area contributed by atoms with Gasteiger partial charge < -0.3 is 20.1 Å². The highest BCUT2D eigenvalue weighted by atomic mass is 35.5. The fraction of sp³-hybridized carbons (Fsp3) is 0.148. The predicted molar refractivity (Wildman–Crippen MR) is 137 cm³/mol. The van der Waals surface area contributed by atoms with Crippen LogP contribution in [0.4, 0.5) is 11.4 Å². The zero-order chi connectivity index (χ0) is 25.4. The first-order valence-electron chi connectivity index (χ1n) is 10.7. The van der Waals surface area contributed by atoms with Gasteiger partial charge in [-0.1, -0.05) is 35.9 Å². The van der Waals surface area contributed by atoms with E-state index in [9.17, 15) is 14.9 Å². The molecule has 3 rings (SSSR count). The monoisotopic (exact) mass is 489 g/mol. The standard InChI is InChI=1S/C27H24ClN3O4/c1-17-5-4-6-21(11-17)31-27(33)20(15-29)12-19-8-10-24(25(13-19)34-3)35-16-26(32)30-22-9-7-18(2)23(28)14-22/h4-14H,16H2,1-3H3,(H,30,32)(H,31,33)/b20-12+. The molecule has 2 N–H and O–H groups in total. The van der Waals surface area contributed by atoms with Crippen LogP contribution in [-0.2, 0) is 9.59 Å². The Labute approximate surface area is 208 Å². The third-order valence-electron chi connectivity index (χ3n) is 4.95. The van der Waals surface area contributed by atoms with E-state index in [1.54, 1.807) is 36.4 Å². The van der Waals surface area contributed by atoms with Crippen LogP contribution in [0.25, 0.3) is 6.08 Å². The van der Waals surface area contributed by atoms with Gasteiger partial charge in [-0.05, 0) is 73.0 Å². The van der Waals surface area contributed by atoms with Crippen LogP contribution >= 0.6 is 11.6 Å². The van der Waals surface area contributed by atoms with E-state index in [1.165, 1.54) is 13.2 Å². The summed E-state index contributed by atoms with van der Waals surface area (Å²) in [7, 11) is 1.46. The van der Waals surface area contributed by atoms with Gasteiger partial charge in [-0.25, -0.2) is 0 Å². The van der Waals surface area contributed by atoms with Gasteiger partial charge in [-0.2, -0.15) is 5.26 Å². The Kier molecular flexibility index (Phi) is 8.49. The van der Waals surface area contributed by atoms with E-state index < -0.39 is 5.91 Å². The number of benzene rings is 3. The van der Waals surface area contributed by atoms with Crippen molar-refractivity contribution in [3.63, 3.8) is 0 Å². The van der Waals surface area contributed by atoms with Crippen molar-refractivity contribution in [1.82, 2.24) is 0 Å². The number of anilines is 2. The summed E-state index contributed by atoms with van der Waals surface area (Å²) in [5.74, 6) is -0.202. The predicted octanol–water partition coefficient (Wildman–Crippen LogP) is 5.53. The lowest BCUT2D eigenvalue weighted by molar-refractivity contribution is -0.118. The molecule has 3 aromatic rings. The minimum Gasteiger partial charge on any atom is -0.493 e. The molecular formula is C27H24ClN3O4. The Balaban J connectivity index is 1.67. The quantitative estimate of drug-likeness (QED) is 0.320. The molecule has 35 heavy (non-hydrogen) atoms. The van der Waals surface area contributed by atoms with E-state index in [4.69, 9.17) is 21.1 Å². The van der Waals surface area contributed by atoms with Crippen LogP contribution in [0.15, 0.2) is 66.2 Å². The molecule has 8 heteroatoms. The number of amides is 2. The highest BCUT2D eigenvalue weighted by Gasteiger charge is 2.13. The number of nitrogens with zero attached hydrogens (tertiary/aromatic N) is 1. The Morgan fingerprint density at radius 3 is 2.46 bits per heavy atom. The van der Waals surface area contributed by atoms with E-state index in [1.807, 2.05) is 44.2 Å². The van der Waals surface area contributed by atoms with Gasteiger partial charge in [0.05, 0.1) is 7.11 Å². The summed E-state index contributed by atoms with van der Waals surface area (Å²) in [6.07, 6.45) is 1.45. The van der Waals surface area contributed by atoms with E-state index in [0.717, 1.165) is 11.1 Å². The lowest BCUT2D eigenvalue weighted by Gasteiger charge is -2.12. The van der Waals surface area contributed by atoms with Crippen LogP contribution in [-0.4, -0.2) is 25.5 Å². The first kappa shape index (κ1) is 25.3. The summed E-state index contributed by atoms with van der Waals surface area (Å²) in [5, 5.41) is 15.5. The molecule has 0 aliphatic rings. The molecule has 0 heterocycles. The fourth-order valence-electron chi connectivity index (χ4n) is 3.14. The first-order valence-corrected chi connectivity index (χ1v) is 11.0. The number of carbonyl (C=O) groups excluding carboxylic acids is 2. The van der Waals surface area contributed by atoms with Gasteiger partial charge in [0, 0.05) is 16.4 Å². The summed E-state index contributed by atoms with van der Waals surface area (Å²) < 4.78 is 11.0. The second-order valence-corrected chi connectivity index (χ2v) is 8.11. The highest BCUT2D eigenvalue weighted by molar-refractivity contribution is 6.31. The van der Waals surface area contributed by atoms with Crippen LogP contribution in [0.2, 0.25) is 5.02 Å². The smallest absolute Gasteiger partial charge is 0.266 e. The molecule has 0 radical (unpaired) electrons. The lowest BCUT2D eigenvalue weighted by Crippen LogP contribution is -2.20. The highest BCUT2D eigenvalue weighted by Crippen LogP contribution is 2.29. The van der Waals surface area contributed by atoms with Crippen molar-refractivity contribution in [3.05, 3.63) is 87.9 Å². The number of ether oxygens (including phenoxy) is 2. The molecule has 0 saturated carbocycles. The Morgan fingerprint density at radius 1 is 1.00 bits per heavy atom. The average Bonchev–Trinajstić information content (AvgIpc) is 2.83. The third-order valence-corrected chi connectivity index (χ3v) is 5.36. The number of nitrogens with one attached hydrogen (secondary N) is 2. The third kappa shape index (κ3) is 7.10. The fourth-order valence-corrected chi connectivity index (χ4v) is 3.32. The molecule has 0 atom stereocenters. The van der Waals surface area contributed by atoms with Gasteiger partial charge in [0.2, 0.25) is 0 Å². The minimum atomic E-state index is -0.523. The zero-order valence-electron chi connectivity index (χ0n) is 19.5. The number of carbonyl (C=O) groups is 2. The first-order chi connectivity index (χ1) is 16.8. The van der Waals surface area contributed by atoms with Crippen LogP contribution in [0, 0.1) is 25.2 Å². The largest absolute Gasteiger partial charge is 0.493 e. The van der Waals surface area contributed by atoms with Crippen molar-refractivity contribution < 1.29 is 19.1 Å². The molecule has 0 aromatic heterocycles. The molecule has 3 aromatic carbocycles. The van der Waals surface area contributed by atoms with Crippen molar-refractivity contribution in [3.8, 4) is 17.6 Å². The summed E-state index contributed by atoms with van der Waals surface area (Å²) in [5.41, 5.74) is 3.55. The maximum absolute atomic E-state index is 12.5. The number of hydrogen-bond acceptors (Lipinski definition) is 5. The van der Waals surface area contributed by atoms with Crippen LogP contribution in [0.5, 0.6) is 11.5 Å². The van der Waals surface area contributed by atoms with Crippen LogP contribution < -0.4 is 20.1 Å². The van der Waals surface area contributed by atoms with Crippen molar-refractivity contribution in [1.29, 1.82) is 5.26 Å². The summed E-state index contributed by atoms with van der Waals surface area (Å²) >= 11 is 6.09. The number of hydrogen-bond donors (Lipinski definition) is 2. The number of rotatable bonds is 8. The van der Waals surface area contributed by atoms with E-state index >= 15 is 0 Å². The van der Waals surface area contributed by atoms with E-state index in [0.29, 0.717) is 33.5 Å². The Hall–Kier alpha value is -4.28. The van der Waals surface area contributed by atoms with Crippen molar-refractivity contribution in [2.24, 2.45) is 0 Å². The molecule has 0 spiro atoms. The lowest BCUT2D eigenvalue weighted by atomic mass is 10.1. The number of aryl methyl sites for hydroxylation is 2. The molecule has 0 fully saturated rings. The maximum Gasteiger partial charge on any atom is 0.266 e. The van der Waals surface area contributed by atoms with E-state index in [-0.39, 0.29) is 18.1 Å². The van der Waals surface area contributed by atoms with E-state index in [2.05, 4.69) is 10.6 Å². The SMILES string of the molecule is COc1cc(/C=C(\C#N)C(=O)Nc2cccc(C)c2)ccc1OCC(=O)Nc1ccc(C)c(Cl)c1. The molecule has 7 nitrogen and oxygen atoms in total. The summed E-state index contributed by atoms with van der Waals surface area (Å²) in [6, 6.07) is 19.3. The average molecular weight is 490 g/mol. The van der Waals surface area contributed by atoms with Gasteiger partial charge in [-0.3, -0.25) is 9.59 Å². The summed E-state index contributed by atoms with van der Waals surface area (Å²) in [6.45, 7) is 3.53. The van der Waals surface area contributed by atoms with Crippen molar-refractivity contribution in [2.75, 3.05) is 24.4 Å². The Bertz CT molecular complexity index is 1330. The number of halogens is 1. The van der Waals surface area contributed by atoms with Crippen LogP contribution in [0.1, 0.15) is 16.7 Å². The molecule has 2 amide bonds. The zero-order valence-corrected chi connectivity index (χ0v) is 20.3. The van der Waals surface area contributed by atoms with Gasteiger partial charge in [0.15, 0.2) is 18.1 Å². The van der Waals surface area contributed by atoms with Gasteiger partial charge in [0.25, 0.3) is 11.8 Å². The molecule has 0 aliphatic carbocycles. The normalized spacial score (nSPS) is 10.8. The van der Waals surface area contributed by atoms with Gasteiger partial charge in [-0.15, -0.1) is 0 Å². The molecule has 178 valence electrons. The molecular weight excluding hydrogens is 466 g/mol. The second-order valence-electron chi connectivity index (χ2n) is 7.70. The second kappa shape index (κ2) is 11.7. The maximum atomic E-state index is 12.5. The van der Waals surface area contributed by atoms with Gasteiger partial charge >= 0.3 is 0 Å². The topological polar surface area (TPSA) is 100 Å². The number of nitriles is 1. The number of methoxy groups -OCH3 is 1. The van der Waals surface area contributed by atoms with Crippen molar-refractivity contribution >= 4 is 40.9 Å². The molecule has 0 unspecified atom stereocenters. The summed E-state index contributed by atoms with van der Waals surface area (Å²) in [4.78, 5) is 24.8. The van der Waals surface area contributed by atoms with Gasteiger partial charge in [0.1, 0.15) is 11.6 Å². The molecule has 0 bridgehead atoms.